The second kappa shape index (κ2) is 11.5. The number of piperazine rings is 2. The highest BCUT2D eigenvalue weighted by molar-refractivity contribution is 9.09. The van der Waals surface area contributed by atoms with Crippen LogP contribution in [-0.2, 0) is 9.59 Å². The average molecular weight is 482 g/mol. The zero-order valence-corrected chi connectivity index (χ0v) is 18.1. The van der Waals surface area contributed by atoms with Crippen molar-refractivity contribution in [3.63, 3.8) is 0 Å². The van der Waals surface area contributed by atoms with Crippen molar-refractivity contribution in [1.82, 2.24) is 19.6 Å². The van der Waals surface area contributed by atoms with Crippen LogP contribution < -0.4 is 0 Å². The summed E-state index contributed by atoms with van der Waals surface area (Å²) in [7, 11) is 0. The minimum atomic E-state index is 0.267. The van der Waals surface area contributed by atoms with Crippen LogP contribution in [0, 0.1) is 0 Å². The molecule has 0 aromatic heterocycles. The Morgan fingerprint density at radius 3 is 1.32 bits per heavy atom. The predicted molar refractivity (Wildman–Crippen MR) is 107 cm³/mol. The Kier molecular flexibility index (Phi) is 9.73. The van der Waals surface area contributed by atoms with E-state index >= 15 is 0 Å². The molecule has 0 unspecified atom stereocenters. The van der Waals surface area contributed by atoms with Gasteiger partial charge in [-0.15, -0.1) is 0 Å². The number of alkyl halides is 2. The van der Waals surface area contributed by atoms with Crippen LogP contribution in [0.1, 0.15) is 19.3 Å². The molecule has 0 N–H and O–H groups in total. The van der Waals surface area contributed by atoms with Gasteiger partial charge in [-0.3, -0.25) is 19.4 Å². The molecule has 0 aromatic rings. The van der Waals surface area contributed by atoms with Crippen molar-refractivity contribution in [3.05, 3.63) is 0 Å². The Balaban J connectivity index is 1.55. The van der Waals surface area contributed by atoms with E-state index in [-0.39, 0.29) is 11.8 Å². The van der Waals surface area contributed by atoms with Crippen LogP contribution in [0.2, 0.25) is 0 Å². The van der Waals surface area contributed by atoms with Gasteiger partial charge in [0.2, 0.25) is 11.8 Å². The van der Waals surface area contributed by atoms with E-state index < -0.39 is 0 Å². The summed E-state index contributed by atoms with van der Waals surface area (Å²) in [5.74, 6) is 0.535. The van der Waals surface area contributed by atoms with Gasteiger partial charge >= 0.3 is 0 Å². The predicted octanol–water partition coefficient (Wildman–Crippen LogP) is 1.23. The first-order valence-electron chi connectivity index (χ1n) is 9.26. The molecule has 2 rings (SSSR count). The van der Waals surface area contributed by atoms with E-state index in [2.05, 4.69) is 41.7 Å². The van der Waals surface area contributed by atoms with E-state index in [0.717, 1.165) is 82.5 Å². The van der Waals surface area contributed by atoms with Gasteiger partial charge in [0.1, 0.15) is 0 Å². The topological polar surface area (TPSA) is 47.1 Å². The van der Waals surface area contributed by atoms with Crippen LogP contribution >= 0.6 is 31.9 Å². The minimum absolute atomic E-state index is 0.267. The molecular formula is C17H30Br2N4O2. The van der Waals surface area contributed by atoms with Gasteiger partial charge in [0.05, 0.1) is 0 Å². The molecule has 2 aliphatic heterocycles. The van der Waals surface area contributed by atoms with Gasteiger partial charge in [-0.1, -0.05) is 31.9 Å². The number of halogens is 2. The second-order valence-electron chi connectivity index (χ2n) is 6.68. The highest BCUT2D eigenvalue weighted by Crippen LogP contribution is 2.08. The molecule has 2 heterocycles. The molecule has 0 aromatic carbocycles. The van der Waals surface area contributed by atoms with E-state index in [1.165, 1.54) is 0 Å². The van der Waals surface area contributed by atoms with Crippen molar-refractivity contribution in [3.8, 4) is 0 Å². The normalized spacial score (nSPS) is 20.1. The molecule has 2 fully saturated rings. The number of hydrogen-bond donors (Lipinski definition) is 0. The zero-order chi connectivity index (χ0) is 18.1. The lowest BCUT2D eigenvalue weighted by Gasteiger charge is -2.36. The monoisotopic (exact) mass is 480 g/mol. The van der Waals surface area contributed by atoms with Crippen molar-refractivity contribution in [2.45, 2.75) is 19.3 Å². The summed E-state index contributed by atoms with van der Waals surface area (Å²) in [5.41, 5.74) is 0. The van der Waals surface area contributed by atoms with Gasteiger partial charge in [-0.25, -0.2) is 0 Å². The van der Waals surface area contributed by atoms with Crippen molar-refractivity contribution < 1.29 is 9.59 Å². The summed E-state index contributed by atoms with van der Waals surface area (Å²) >= 11 is 6.67. The minimum Gasteiger partial charge on any atom is -0.340 e. The largest absolute Gasteiger partial charge is 0.340 e. The van der Waals surface area contributed by atoms with E-state index in [1.54, 1.807) is 0 Å². The summed E-state index contributed by atoms with van der Waals surface area (Å²) in [4.78, 5) is 32.7. The quantitative estimate of drug-likeness (QED) is 0.489. The fourth-order valence-corrected chi connectivity index (χ4v) is 4.12. The van der Waals surface area contributed by atoms with Crippen LogP contribution in [0.4, 0.5) is 0 Å². The van der Waals surface area contributed by atoms with E-state index in [9.17, 15) is 9.59 Å². The van der Waals surface area contributed by atoms with Gasteiger partial charge in [-0.2, -0.15) is 0 Å². The number of rotatable bonds is 8. The number of carbonyl (C=O) groups is 2. The van der Waals surface area contributed by atoms with E-state index in [0.29, 0.717) is 12.8 Å². The van der Waals surface area contributed by atoms with Gasteiger partial charge in [0, 0.05) is 75.9 Å². The van der Waals surface area contributed by atoms with Crippen LogP contribution in [0.5, 0.6) is 0 Å². The third-order valence-corrected chi connectivity index (χ3v) is 5.81. The molecule has 0 bridgehead atoms. The Morgan fingerprint density at radius 2 is 1.00 bits per heavy atom. The van der Waals surface area contributed by atoms with Crippen LogP contribution in [0.3, 0.4) is 0 Å². The van der Waals surface area contributed by atoms with Gasteiger partial charge in [-0.05, 0) is 19.5 Å². The molecule has 0 radical (unpaired) electrons. The fraction of sp³-hybridized carbons (Fsp3) is 0.882. The Hall–Kier alpha value is -0.180. The van der Waals surface area contributed by atoms with E-state index in [4.69, 9.17) is 0 Å². The molecule has 0 atom stereocenters. The molecule has 2 saturated heterocycles. The van der Waals surface area contributed by atoms with Crippen molar-refractivity contribution in [2.24, 2.45) is 0 Å². The SMILES string of the molecule is O=C(CCBr)N1CCN(CCCN2CCN(C(=O)CCBr)CC2)CC1. The molecule has 6 nitrogen and oxygen atoms in total. The lowest BCUT2D eigenvalue weighted by molar-refractivity contribution is -0.133. The molecular weight excluding hydrogens is 452 g/mol. The maximum atomic E-state index is 11.9. The molecule has 0 aliphatic carbocycles. The lowest BCUT2D eigenvalue weighted by Crippen LogP contribution is -2.50. The van der Waals surface area contributed by atoms with Crippen LogP contribution in [-0.4, -0.2) is 108 Å². The molecule has 0 saturated carbocycles. The Morgan fingerprint density at radius 1 is 0.640 bits per heavy atom. The van der Waals surface area contributed by atoms with E-state index in [1.807, 2.05) is 9.80 Å². The third kappa shape index (κ3) is 7.15. The van der Waals surface area contributed by atoms with Crippen molar-refractivity contribution in [2.75, 3.05) is 76.1 Å². The van der Waals surface area contributed by atoms with Gasteiger partial charge in [0.25, 0.3) is 0 Å². The summed E-state index contributed by atoms with van der Waals surface area (Å²) < 4.78 is 0. The Labute approximate surface area is 168 Å². The summed E-state index contributed by atoms with van der Waals surface area (Å²) in [6.07, 6.45) is 2.36. The molecule has 0 spiro atoms. The average Bonchev–Trinajstić information content (AvgIpc) is 2.63. The van der Waals surface area contributed by atoms with Gasteiger partial charge < -0.3 is 9.80 Å². The number of nitrogens with zero attached hydrogens (tertiary/aromatic N) is 4. The highest BCUT2D eigenvalue weighted by atomic mass is 79.9. The van der Waals surface area contributed by atoms with Crippen molar-refractivity contribution in [1.29, 1.82) is 0 Å². The summed E-state index contributed by atoms with van der Waals surface area (Å²) in [6, 6.07) is 0. The lowest BCUT2D eigenvalue weighted by atomic mass is 10.2. The standard InChI is InChI=1S/C17H30Br2N4O2/c18-4-2-16(24)22-12-8-20(9-13-22)6-1-7-21-10-14-23(15-11-21)17(25)3-5-19/h1-15H2. The van der Waals surface area contributed by atoms with Gasteiger partial charge in [0.15, 0.2) is 0 Å². The number of amides is 2. The molecule has 8 heteroatoms. The highest BCUT2D eigenvalue weighted by Gasteiger charge is 2.22. The summed E-state index contributed by atoms with van der Waals surface area (Å²) in [5, 5.41) is 1.50. The maximum Gasteiger partial charge on any atom is 0.223 e. The first kappa shape index (κ1) is 21.1. The number of carbonyl (C=O) groups excluding carboxylic acids is 2. The van der Waals surface area contributed by atoms with Crippen LogP contribution in [0.25, 0.3) is 0 Å². The summed E-state index contributed by atoms with van der Waals surface area (Å²) in [6.45, 7) is 9.60. The fourth-order valence-electron chi connectivity index (χ4n) is 3.44. The van der Waals surface area contributed by atoms with Crippen molar-refractivity contribution >= 4 is 43.7 Å². The zero-order valence-electron chi connectivity index (χ0n) is 15.0. The number of hydrogen-bond acceptors (Lipinski definition) is 4. The molecule has 25 heavy (non-hydrogen) atoms. The second-order valence-corrected chi connectivity index (χ2v) is 8.26. The molecule has 144 valence electrons. The Bertz CT molecular complexity index is 385. The third-order valence-electron chi connectivity index (χ3n) is 5.02. The first-order valence-corrected chi connectivity index (χ1v) is 11.5. The first-order chi connectivity index (χ1) is 12.1. The molecule has 2 aliphatic rings. The maximum absolute atomic E-state index is 11.9. The molecule has 2 amide bonds. The van der Waals surface area contributed by atoms with Crippen LogP contribution in [0.15, 0.2) is 0 Å². The smallest absolute Gasteiger partial charge is 0.223 e.